The largest absolute Gasteiger partial charge is 0.382 e. The summed E-state index contributed by atoms with van der Waals surface area (Å²) in [4.78, 5) is 0. The Kier molecular flexibility index (Phi) is 5.03. The van der Waals surface area contributed by atoms with Gasteiger partial charge in [-0.15, -0.1) is 0 Å². The lowest BCUT2D eigenvalue weighted by atomic mass is 9.98. The van der Waals surface area contributed by atoms with E-state index >= 15 is 0 Å². The molecule has 2 aromatic carbocycles. The van der Waals surface area contributed by atoms with Crippen molar-refractivity contribution in [1.82, 2.24) is 0 Å². The summed E-state index contributed by atoms with van der Waals surface area (Å²) in [5, 5.41) is 3.62. The van der Waals surface area contributed by atoms with Crippen LogP contribution in [0.25, 0.3) is 11.1 Å². The SMILES string of the molecule is COC(C)(C)CC(C)Nc1ccccc1-c1ccccc1. The topological polar surface area (TPSA) is 21.3 Å². The summed E-state index contributed by atoms with van der Waals surface area (Å²) in [5.74, 6) is 0. The van der Waals surface area contributed by atoms with E-state index in [2.05, 4.69) is 74.6 Å². The zero-order chi connectivity index (χ0) is 15.3. The molecule has 0 spiro atoms. The summed E-state index contributed by atoms with van der Waals surface area (Å²) in [6.07, 6.45) is 0.951. The van der Waals surface area contributed by atoms with Gasteiger partial charge in [-0.1, -0.05) is 48.5 Å². The quantitative estimate of drug-likeness (QED) is 0.808. The minimum atomic E-state index is -0.117. The molecule has 1 N–H and O–H groups in total. The molecule has 0 aliphatic heterocycles. The van der Waals surface area contributed by atoms with E-state index in [0.717, 1.165) is 6.42 Å². The number of rotatable bonds is 6. The van der Waals surface area contributed by atoms with Crippen molar-refractivity contribution in [3.63, 3.8) is 0 Å². The van der Waals surface area contributed by atoms with Crippen molar-refractivity contribution in [2.75, 3.05) is 12.4 Å². The molecule has 21 heavy (non-hydrogen) atoms. The number of methoxy groups -OCH3 is 1. The van der Waals surface area contributed by atoms with Crippen molar-refractivity contribution in [3.05, 3.63) is 54.6 Å². The molecule has 0 radical (unpaired) electrons. The number of anilines is 1. The van der Waals surface area contributed by atoms with Crippen LogP contribution in [0.1, 0.15) is 27.2 Å². The Morgan fingerprint density at radius 1 is 1.00 bits per heavy atom. The molecule has 0 fully saturated rings. The fourth-order valence-electron chi connectivity index (χ4n) is 2.62. The summed E-state index contributed by atoms with van der Waals surface area (Å²) in [5.41, 5.74) is 3.52. The molecule has 2 heteroatoms. The van der Waals surface area contributed by atoms with Crippen LogP contribution in [0.4, 0.5) is 5.69 Å². The van der Waals surface area contributed by atoms with Gasteiger partial charge in [0.1, 0.15) is 0 Å². The Morgan fingerprint density at radius 2 is 1.62 bits per heavy atom. The second kappa shape index (κ2) is 6.77. The number of ether oxygens (including phenoxy) is 1. The number of hydrogen-bond donors (Lipinski definition) is 1. The monoisotopic (exact) mass is 283 g/mol. The highest BCUT2D eigenvalue weighted by Gasteiger charge is 2.20. The van der Waals surface area contributed by atoms with E-state index in [1.54, 1.807) is 7.11 Å². The highest BCUT2D eigenvalue weighted by molar-refractivity contribution is 5.77. The van der Waals surface area contributed by atoms with E-state index in [9.17, 15) is 0 Å². The minimum absolute atomic E-state index is 0.117. The van der Waals surface area contributed by atoms with E-state index in [1.807, 2.05) is 6.07 Å². The Hall–Kier alpha value is -1.80. The van der Waals surface area contributed by atoms with Gasteiger partial charge in [-0.2, -0.15) is 0 Å². The Bertz CT molecular complexity index is 563. The smallest absolute Gasteiger partial charge is 0.0642 e. The second-order valence-corrected chi connectivity index (χ2v) is 6.12. The van der Waals surface area contributed by atoms with E-state index in [0.29, 0.717) is 6.04 Å². The van der Waals surface area contributed by atoms with Gasteiger partial charge in [-0.05, 0) is 38.8 Å². The molecule has 112 valence electrons. The zero-order valence-corrected chi connectivity index (χ0v) is 13.4. The van der Waals surface area contributed by atoms with Gasteiger partial charge >= 0.3 is 0 Å². The maximum atomic E-state index is 5.52. The molecule has 0 aromatic heterocycles. The Labute approximate surface area is 128 Å². The van der Waals surface area contributed by atoms with Crippen LogP contribution in [-0.4, -0.2) is 18.8 Å². The number of hydrogen-bond acceptors (Lipinski definition) is 2. The lowest BCUT2D eigenvalue weighted by Gasteiger charge is -2.28. The summed E-state index contributed by atoms with van der Waals surface area (Å²) in [6.45, 7) is 6.44. The van der Waals surface area contributed by atoms with Crippen molar-refractivity contribution in [3.8, 4) is 11.1 Å². The van der Waals surface area contributed by atoms with Crippen molar-refractivity contribution in [1.29, 1.82) is 0 Å². The van der Waals surface area contributed by atoms with Gasteiger partial charge in [0.2, 0.25) is 0 Å². The maximum absolute atomic E-state index is 5.52. The van der Waals surface area contributed by atoms with Crippen LogP contribution in [0.2, 0.25) is 0 Å². The molecular formula is C19H25NO. The molecule has 0 saturated heterocycles. The number of nitrogens with one attached hydrogen (secondary N) is 1. The van der Waals surface area contributed by atoms with E-state index in [4.69, 9.17) is 4.74 Å². The molecule has 0 heterocycles. The van der Waals surface area contributed by atoms with Gasteiger partial charge in [0.25, 0.3) is 0 Å². The molecule has 0 saturated carbocycles. The standard InChI is InChI=1S/C19H25NO/c1-15(14-19(2,3)21-4)20-18-13-9-8-12-17(18)16-10-6-5-7-11-16/h5-13,15,20H,14H2,1-4H3. The molecular weight excluding hydrogens is 258 g/mol. The first-order valence-corrected chi connectivity index (χ1v) is 7.48. The summed E-state index contributed by atoms with van der Waals surface area (Å²) < 4.78 is 5.52. The molecule has 1 unspecified atom stereocenters. The van der Waals surface area contributed by atoms with Crippen LogP contribution in [0.3, 0.4) is 0 Å². The first-order chi connectivity index (χ1) is 10.0. The molecule has 2 nitrogen and oxygen atoms in total. The van der Waals surface area contributed by atoms with Gasteiger partial charge in [-0.25, -0.2) is 0 Å². The molecule has 0 amide bonds. The van der Waals surface area contributed by atoms with Crippen molar-refractivity contribution in [2.24, 2.45) is 0 Å². The van der Waals surface area contributed by atoms with Crippen LogP contribution in [0.15, 0.2) is 54.6 Å². The van der Waals surface area contributed by atoms with Gasteiger partial charge in [0, 0.05) is 24.4 Å². The second-order valence-electron chi connectivity index (χ2n) is 6.12. The third-order valence-corrected chi connectivity index (χ3v) is 3.76. The molecule has 2 aromatic rings. The highest BCUT2D eigenvalue weighted by Crippen LogP contribution is 2.29. The van der Waals surface area contributed by atoms with Crippen LogP contribution >= 0.6 is 0 Å². The summed E-state index contributed by atoms with van der Waals surface area (Å²) >= 11 is 0. The van der Waals surface area contributed by atoms with Gasteiger partial charge in [0.15, 0.2) is 0 Å². The lowest BCUT2D eigenvalue weighted by Crippen LogP contribution is -2.31. The van der Waals surface area contributed by atoms with Crippen LogP contribution < -0.4 is 5.32 Å². The average Bonchev–Trinajstić information content (AvgIpc) is 2.48. The third kappa shape index (κ3) is 4.33. The Balaban J connectivity index is 2.18. The predicted octanol–water partition coefficient (Wildman–Crippen LogP) is 4.97. The highest BCUT2D eigenvalue weighted by atomic mass is 16.5. The summed E-state index contributed by atoms with van der Waals surface area (Å²) in [7, 11) is 1.77. The van der Waals surface area contributed by atoms with Crippen LogP contribution in [0.5, 0.6) is 0 Å². The van der Waals surface area contributed by atoms with Gasteiger partial charge < -0.3 is 10.1 Å². The van der Waals surface area contributed by atoms with Crippen molar-refractivity contribution >= 4 is 5.69 Å². The fourth-order valence-corrected chi connectivity index (χ4v) is 2.62. The van der Waals surface area contributed by atoms with Gasteiger partial charge in [0.05, 0.1) is 5.60 Å². The third-order valence-electron chi connectivity index (χ3n) is 3.76. The van der Waals surface area contributed by atoms with Crippen molar-refractivity contribution < 1.29 is 4.74 Å². The fraction of sp³-hybridized carbons (Fsp3) is 0.368. The van der Waals surface area contributed by atoms with Crippen LogP contribution in [-0.2, 0) is 4.74 Å². The van der Waals surface area contributed by atoms with E-state index in [1.165, 1.54) is 16.8 Å². The number of benzene rings is 2. The first kappa shape index (κ1) is 15.6. The number of para-hydroxylation sites is 1. The average molecular weight is 283 g/mol. The lowest BCUT2D eigenvalue weighted by molar-refractivity contribution is 0.0128. The first-order valence-electron chi connectivity index (χ1n) is 7.48. The van der Waals surface area contributed by atoms with E-state index < -0.39 is 0 Å². The normalized spacial score (nSPS) is 13.0. The van der Waals surface area contributed by atoms with E-state index in [-0.39, 0.29) is 5.60 Å². The van der Waals surface area contributed by atoms with Crippen LogP contribution in [0, 0.1) is 0 Å². The van der Waals surface area contributed by atoms with Gasteiger partial charge in [-0.3, -0.25) is 0 Å². The maximum Gasteiger partial charge on any atom is 0.0642 e. The Morgan fingerprint density at radius 3 is 2.29 bits per heavy atom. The zero-order valence-electron chi connectivity index (χ0n) is 13.4. The molecule has 0 aliphatic carbocycles. The molecule has 1 atom stereocenters. The predicted molar refractivity (Wildman–Crippen MR) is 90.7 cm³/mol. The molecule has 0 aliphatic rings. The van der Waals surface area contributed by atoms with Crippen molar-refractivity contribution in [2.45, 2.75) is 38.8 Å². The molecule has 0 bridgehead atoms. The summed E-state index contributed by atoms with van der Waals surface area (Å²) in [6, 6.07) is 19.3. The molecule has 2 rings (SSSR count). The minimum Gasteiger partial charge on any atom is -0.382 e.